The van der Waals surface area contributed by atoms with Crippen molar-refractivity contribution in [3.63, 3.8) is 0 Å². The number of hydrogen-bond acceptors (Lipinski definition) is 2. The molecule has 1 aliphatic rings. The van der Waals surface area contributed by atoms with Crippen LogP contribution in [0.15, 0.2) is 0 Å². The second-order valence-electron chi connectivity index (χ2n) is 4.79. The van der Waals surface area contributed by atoms with Gasteiger partial charge in [-0.15, -0.1) is 0 Å². The maximum atomic E-state index is 11.9. The van der Waals surface area contributed by atoms with E-state index in [1.807, 2.05) is 6.54 Å². The maximum absolute atomic E-state index is 11.9. The van der Waals surface area contributed by atoms with Gasteiger partial charge in [-0.3, -0.25) is 4.79 Å². The zero-order valence-electron chi connectivity index (χ0n) is 12.4. The van der Waals surface area contributed by atoms with Crippen molar-refractivity contribution in [3.05, 3.63) is 13.0 Å². The van der Waals surface area contributed by atoms with Crippen molar-refractivity contribution in [1.29, 1.82) is 0 Å². The largest absolute Gasteiger partial charge is 0.491 e. The normalized spacial score (nSPS) is 14.8. The van der Waals surface area contributed by atoms with Crippen LogP contribution in [0.2, 0.25) is 0 Å². The van der Waals surface area contributed by atoms with Gasteiger partial charge in [0.25, 0.3) is 0 Å². The van der Waals surface area contributed by atoms with Gasteiger partial charge in [-0.25, -0.2) is 6.54 Å². The van der Waals surface area contributed by atoms with E-state index in [9.17, 15) is 9.59 Å². The molecule has 4 nitrogen and oxygen atoms in total. The Kier molecular flexibility index (Phi) is 15.1. The van der Waals surface area contributed by atoms with E-state index in [4.69, 9.17) is 0 Å². The Morgan fingerprint density at radius 3 is 2.65 bits per heavy atom. The molecule has 0 radical (unpaired) electrons. The molecule has 0 saturated carbocycles. The second-order valence-corrected chi connectivity index (χ2v) is 4.79. The van der Waals surface area contributed by atoms with Crippen molar-refractivity contribution in [3.8, 4) is 0 Å². The van der Waals surface area contributed by atoms with Gasteiger partial charge in [-0.05, 0) is 13.5 Å². The molecule has 0 aromatic heterocycles. The van der Waals surface area contributed by atoms with Crippen LogP contribution < -0.4 is 5.32 Å². The fourth-order valence-corrected chi connectivity index (χ4v) is 2.01. The molecule has 0 aromatic carbocycles. The van der Waals surface area contributed by atoms with Crippen LogP contribution in [0, 0.1) is 44.1 Å². The van der Waals surface area contributed by atoms with Crippen LogP contribution in [-0.2, 0) is 30.7 Å². The summed E-state index contributed by atoms with van der Waals surface area (Å²) in [5.74, 6) is -0.144. The molecule has 1 rings (SSSR count). The summed E-state index contributed by atoms with van der Waals surface area (Å²) >= 11 is 0. The van der Waals surface area contributed by atoms with E-state index < -0.39 is 6.04 Å². The van der Waals surface area contributed by atoms with Crippen molar-refractivity contribution >= 4 is 11.8 Å². The summed E-state index contributed by atoms with van der Waals surface area (Å²) < 4.78 is 0. The number of carbonyl (C=O) groups is 2. The van der Waals surface area contributed by atoms with E-state index in [1.165, 1.54) is 0 Å². The van der Waals surface area contributed by atoms with Gasteiger partial charge < -0.3 is 21.4 Å². The molecule has 1 unspecified atom stereocenters. The first-order valence-electron chi connectivity index (χ1n) is 6.92. The van der Waals surface area contributed by atoms with E-state index in [2.05, 4.69) is 12.2 Å². The standard InChI is InChI=1S/C14H24N2O2.U.W/c1-3-4-5-6-9-13(17)15-12(2)14(18)16-10-7-8-11-16;;/h9-10,12H,3-8,11H2,1-2H3,(H,15,17);;/q-2;;. The predicted molar refractivity (Wildman–Crippen MR) is 71.3 cm³/mol. The molecule has 2 amide bonds. The zero-order chi connectivity index (χ0) is 13.4. The van der Waals surface area contributed by atoms with E-state index in [1.54, 1.807) is 18.2 Å². The first-order chi connectivity index (χ1) is 8.65. The minimum atomic E-state index is -0.436. The molecule has 6 heteroatoms. The van der Waals surface area contributed by atoms with Crippen LogP contribution in [-0.4, -0.2) is 29.3 Å². The number of carbonyl (C=O) groups excluding carboxylic acids is 2. The molecule has 20 heavy (non-hydrogen) atoms. The predicted octanol–water partition coefficient (Wildman–Crippen LogP) is 2.06. The monoisotopic (exact) mass is 674 g/mol. The van der Waals surface area contributed by atoms with E-state index >= 15 is 0 Å². The third kappa shape index (κ3) is 8.75. The van der Waals surface area contributed by atoms with Crippen LogP contribution in [0.1, 0.15) is 52.4 Å². The van der Waals surface area contributed by atoms with Crippen LogP contribution in [0.25, 0.3) is 0 Å². The number of likely N-dealkylation sites (tertiary alicyclic amines) is 1. The molecule has 1 saturated heterocycles. The Bertz CT molecular complexity index is 284. The summed E-state index contributed by atoms with van der Waals surface area (Å²) in [6.45, 7) is 6.56. The van der Waals surface area contributed by atoms with E-state index in [-0.39, 0.29) is 64.0 Å². The topological polar surface area (TPSA) is 49.4 Å². The molecule has 1 aliphatic heterocycles. The first-order valence-corrected chi connectivity index (χ1v) is 6.92. The fourth-order valence-electron chi connectivity index (χ4n) is 2.01. The van der Waals surface area contributed by atoms with Crippen molar-refractivity contribution < 1.29 is 61.8 Å². The van der Waals surface area contributed by atoms with Crippen LogP contribution in [0.4, 0.5) is 0 Å². The average Bonchev–Trinajstić information content (AvgIpc) is 2.87. The third-order valence-corrected chi connectivity index (χ3v) is 3.10. The Balaban J connectivity index is 0. The molecule has 114 valence electrons. The molecule has 0 aromatic rings. The Labute approximate surface area is 160 Å². The second kappa shape index (κ2) is 13.2. The number of nitrogens with one attached hydrogen (secondary N) is 1. The number of amides is 2. The van der Waals surface area contributed by atoms with Crippen molar-refractivity contribution in [2.75, 3.05) is 6.54 Å². The van der Waals surface area contributed by atoms with Crippen molar-refractivity contribution in [2.24, 2.45) is 0 Å². The van der Waals surface area contributed by atoms with E-state index in [0.717, 1.165) is 45.1 Å². The van der Waals surface area contributed by atoms with Gasteiger partial charge in [-0.2, -0.15) is 12.8 Å². The number of nitrogens with zero attached hydrogens (tertiary/aromatic N) is 1. The summed E-state index contributed by atoms with van der Waals surface area (Å²) in [6.07, 6.45) is 7.73. The Hall–Kier alpha value is 0.550. The van der Waals surface area contributed by atoms with Gasteiger partial charge >= 0.3 is 0 Å². The number of rotatable bonds is 7. The minimum Gasteiger partial charge on any atom is -0.491 e. The van der Waals surface area contributed by atoms with Gasteiger partial charge in [0.05, 0.1) is 5.91 Å². The molecule has 1 fully saturated rings. The third-order valence-electron chi connectivity index (χ3n) is 3.10. The quantitative estimate of drug-likeness (QED) is 0.333. The van der Waals surface area contributed by atoms with Crippen LogP contribution in [0.3, 0.4) is 0 Å². The first kappa shape index (κ1) is 22.8. The molecule has 1 atom stereocenters. The molecule has 0 spiro atoms. The van der Waals surface area contributed by atoms with Gasteiger partial charge in [0.1, 0.15) is 6.04 Å². The van der Waals surface area contributed by atoms with E-state index in [0.29, 0.717) is 0 Å². The SMILES string of the molecule is CCCCC[CH-]C(=O)NC(C)C(=O)N1[CH-]CCC1.[U].[W]. The van der Waals surface area contributed by atoms with Gasteiger partial charge in [0.15, 0.2) is 0 Å². The fraction of sp³-hybridized carbons (Fsp3) is 0.714. The smallest absolute Gasteiger partial charge is 0.215 e. The summed E-state index contributed by atoms with van der Waals surface area (Å²) in [6, 6.07) is -0.436. The molecule has 1 N–H and O–H groups in total. The molecular weight excluding hydrogens is 650 g/mol. The average molecular weight is 674 g/mol. The molecule has 0 aliphatic carbocycles. The minimum absolute atomic E-state index is 0. The molecule has 0 bridgehead atoms. The van der Waals surface area contributed by atoms with Crippen LogP contribution in [0.5, 0.6) is 0 Å². The molecule has 1 heterocycles. The van der Waals surface area contributed by atoms with Gasteiger partial charge in [-0.1, -0.05) is 32.6 Å². The number of hydrogen-bond donors (Lipinski definition) is 1. The maximum Gasteiger partial charge on any atom is 0.215 e. The van der Waals surface area contributed by atoms with Gasteiger partial charge in [0.2, 0.25) is 5.91 Å². The summed E-state index contributed by atoms with van der Waals surface area (Å²) in [5.41, 5.74) is 0. The Morgan fingerprint density at radius 2 is 2.10 bits per heavy atom. The van der Waals surface area contributed by atoms with Crippen molar-refractivity contribution in [2.45, 2.75) is 58.4 Å². The zero-order valence-corrected chi connectivity index (χ0v) is 19.5. The van der Waals surface area contributed by atoms with Gasteiger partial charge in [0, 0.05) is 52.2 Å². The summed E-state index contributed by atoms with van der Waals surface area (Å²) in [4.78, 5) is 25.2. The van der Waals surface area contributed by atoms with Crippen molar-refractivity contribution in [1.82, 2.24) is 10.2 Å². The Morgan fingerprint density at radius 1 is 1.40 bits per heavy atom. The summed E-state index contributed by atoms with van der Waals surface area (Å²) in [7, 11) is 0. The molecular formula is C14H24N2O2UW-2. The summed E-state index contributed by atoms with van der Waals surface area (Å²) in [5, 5.41) is 2.73. The number of unbranched alkanes of at least 4 members (excludes halogenated alkanes) is 3. The van der Waals surface area contributed by atoms with Crippen LogP contribution >= 0.6 is 0 Å².